The second-order valence-corrected chi connectivity index (χ2v) is 8.10. The Morgan fingerprint density at radius 2 is 2.03 bits per heavy atom. The summed E-state index contributed by atoms with van der Waals surface area (Å²) < 4.78 is 0. The lowest BCUT2D eigenvalue weighted by Gasteiger charge is -2.26. The lowest BCUT2D eigenvalue weighted by atomic mass is 9.94. The molecule has 0 saturated carbocycles. The van der Waals surface area contributed by atoms with Crippen LogP contribution in [0.5, 0.6) is 0 Å². The van der Waals surface area contributed by atoms with E-state index >= 15 is 0 Å². The second-order valence-electron chi connectivity index (χ2n) is 8.10. The quantitative estimate of drug-likeness (QED) is 0.471. The van der Waals surface area contributed by atoms with Crippen LogP contribution in [0.4, 0.5) is 5.69 Å². The maximum absolute atomic E-state index is 11.3. The number of nitrogens with zero attached hydrogens (tertiary/aromatic N) is 3. The molecule has 0 fully saturated rings. The molecule has 1 aliphatic heterocycles. The Bertz CT molecular complexity index is 1270. The van der Waals surface area contributed by atoms with Crippen LogP contribution < -0.4 is 16.4 Å². The predicted molar refractivity (Wildman–Crippen MR) is 130 cm³/mol. The summed E-state index contributed by atoms with van der Waals surface area (Å²) in [5, 5.41) is 6.78. The number of carbonyl (C=O) groups excluding carboxylic acids is 1. The van der Waals surface area contributed by atoms with Crippen molar-refractivity contribution in [3.8, 4) is 11.4 Å². The Morgan fingerprint density at radius 3 is 2.82 bits per heavy atom. The minimum Gasteiger partial charge on any atom is -0.378 e. The highest BCUT2D eigenvalue weighted by molar-refractivity contribution is 5.93. The Hall–Kier alpha value is -4.04. The molecular formula is C25H25N7O. The zero-order valence-corrected chi connectivity index (χ0v) is 18.2. The second kappa shape index (κ2) is 8.84. The van der Waals surface area contributed by atoms with Crippen molar-refractivity contribution in [1.82, 2.24) is 20.3 Å². The molecule has 0 bridgehead atoms. The normalized spacial score (nSPS) is 19.1. The number of hydrogen-bond donors (Lipinski definition) is 4. The number of hydrogen-bond acceptors (Lipinski definition) is 6. The summed E-state index contributed by atoms with van der Waals surface area (Å²) in [6.07, 6.45) is 8.32. The summed E-state index contributed by atoms with van der Waals surface area (Å²) in [5.74, 6) is 0.338. The molecule has 1 aromatic carbocycles. The fourth-order valence-corrected chi connectivity index (χ4v) is 4.03. The zero-order chi connectivity index (χ0) is 22.8. The molecule has 1 aliphatic carbocycles. The number of nitrogens with one attached hydrogen (secondary N) is 3. The standard InChI is InChI=1S/C25H25N7O/c1-15-3-2-4-20(30-15)24-23(17-7-10-19-21(13-17)28-12-11-27-19)31-22(32-24)14-29-18-8-5-16(6-9-18)25(26)33/h2-10,12-13,19,21,27,29H,11,14H2,1H3,(H2,26,33)(H,31,32). The van der Waals surface area contributed by atoms with Crippen molar-refractivity contribution in [3.05, 3.63) is 83.5 Å². The van der Waals surface area contributed by atoms with E-state index in [1.807, 2.05) is 43.5 Å². The van der Waals surface area contributed by atoms with E-state index in [1.54, 1.807) is 12.1 Å². The number of rotatable bonds is 6. The van der Waals surface area contributed by atoms with E-state index in [0.29, 0.717) is 12.1 Å². The lowest BCUT2D eigenvalue weighted by molar-refractivity contribution is 0.100. The summed E-state index contributed by atoms with van der Waals surface area (Å²) in [4.78, 5) is 29.0. The topological polar surface area (TPSA) is 121 Å². The Balaban J connectivity index is 1.45. The van der Waals surface area contributed by atoms with Gasteiger partial charge in [-0.2, -0.15) is 0 Å². The van der Waals surface area contributed by atoms with Gasteiger partial charge in [-0.25, -0.2) is 4.98 Å². The van der Waals surface area contributed by atoms with Gasteiger partial charge in [0.2, 0.25) is 5.91 Å². The average molecular weight is 440 g/mol. The first-order chi connectivity index (χ1) is 16.1. The summed E-state index contributed by atoms with van der Waals surface area (Å²) in [6, 6.07) is 13.3. The van der Waals surface area contributed by atoms with Crippen molar-refractivity contribution < 1.29 is 4.79 Å². The Kier molecular flexibility index (Phi) is 5.58. The molecule has 1 amide bonds. The van der Waals surface area contributed by atoms with Gasteiger partial charge in [-0.3, -0.25) is 14.8 Å². The number of pyridine rings is 1. The van der Waals surface area contributed by atoms with Crippen LogP contribution in [0.2, 0.25) is 0 Å². The predicted octanol–water partition coefficient (Wildman–Crippen LogP) is 2.86. The molecule has 2 aliphatic rings. The molecule has 5 N–H and O–H groups in total. The first kappa shape index (κ1) is 20.8. The van der Waals surface area contributed by atoms with E-state index < -0.39 is 5.91 Å². The van der Waals surface area contributed by atoms with Gasteiger partial charge in [-0.1, -0.05) is 18.2 Å². The molecule has 2 aromatic heterocycles. The maximum atomic E-state index is 11.3. The zero-order valence-electron chi connectivity index (χ0n) is 18.2. The van der Waals surface area contributed by atoms with Gasteiger partial charge in [-0.05, 0) is 49.4 Å². The van der Waals surface area contributed by atoms with Crippen molar-refractivity contribution in [3.63, 3.8) is 0 Å². The molecule has 3 aromatic rings. The van der Waals surface area contributed by atoms with Crippen LogP contribution in [0.3, 0.4) is 0 Å². The van der Waals surface area contributed by atoms with Crippen LogP contribution in [0.15, 0.2) is 65.7 Å². The third-order valence-corrected chi connectivity index (χ3v) is 5.72. The number of aryl methyl sites for hydroxylation is 1. The molecule has 0 saturated heterocycles. The number of amides is 1. The number of nitrogens with two attached hydrogens (primary N) is 1. The smallest absolute Gasteiger partial charge is 0.248 e. The van der Waals surface area contributed by atoms with Gasteiger partial charge in [0, 0.05) is 35.3 Å². The van der Waals surface area contributed by atoms with Crippen LogP contribution in [-0.4, -0.2) is 45.7 Å². The highest BCUT2D eigenvalue weighted by Gasteiger charge is 2.25. The molecule has 2 atom stereocenters. The Morgan fingerprint density at radius 1 is 1.18 bits per heavy atom. The van der Waals surface area contributed by atoms with Crippen LogP contribution in [-0.2, 0) is 6.54 Å². The summed E-state index contributed by atoms with van der Waals surface area (Å²) >= 11 is 0. The van der Waals surface area contributed by atoms with Gasteiger partial charge in [0.1, 0.15) is 5.82 Å². The SMILES string of the molecule is Cc1cccc(-c2[nH]c(CNc3ccc(C(N)=O)cc3)nc2C2=CC3N=CCNC3C=C2)n1. The molecular weight excluding hydrogens is 414 g/mol. The number of H-pyrrole nitrogens is 1. The minimum atomic E-state index is -0.443. The van der Waals surface area contributed by atoms with Crippen LogP contribution in [0.1, 0.15) is 27.6 Å². The van der Waals surface area contributed by atoms with Crippen molar-refractivity contribution in [2.24, 2.45) is 10.7 Å². The third-order valence-electron chi connectivity index (χ3n) is 5.72. The maximum Gasteiger partial charge on any atom is 0.248 e. The van der Waals surface area contributed by atoms with Gasteiger partial charge >= 0.3 is 0 Å². The number of primary amides is 1. The van der Waals surface area contributed by atoms with E-state index in [-0.39, 0.29) is 12.1 Å². The molecule has 33 heavy (non-hydrogen) atoms. The lowest BCUT2D eigenvalue weighted by Crippen LogP contribution is -2.42. The molecule has 8 nitrogen and oxygen atoms in total. The summed E-state index contributed by atoms with van der Waals surface area (Å²) in [6.45, 7) is 3.24. The number of imidazole rings is 1. The first-order valence-corrected chi connectivity index (χ1v) is 10.9. The number of aromatic nitrogens is 3. The molecule has 8 heteroatoms. The van der Waals surface area contributed by atoms with E-state index in [9.17, 15) is 4.79 Å². The number of carbonyl (C=O) groups is 1. The summed E-state index contributed by atoms with van der Waals surface area (Å²) in [7, 11) is 0. The Labute approximate surface area is 191 Å². The van der Waals surface area contributed by atoms with Gasteiger partial charge in [-0.15, -0.1) is 0 Å². The van der Waals surface area contributed by atoms with E-state index in [1.165, 1.54) is 0 Å². The van der Waals surface area contributed by atoms with Gasteiger partial charge in [0.05, 0.1) is 35.7 Å². The number of anilines is 1. The average Bonchev–Trinajstić information content (AvgIpc) is 3.27. The molecule has 166 valence electrons. The van der Waals surface area contributed by atoms with Crippen molar-refractivity contribution in [2.75, 3.05) is 11.9 Å². The highest BCUT2D eigenvalue weighted by Crippen LogP contribution is 2.30. The monoisotopic (exact) mass is 439 g/mol. The van der Waals surface area contributed by atoms with Crippen molar-refractivity contribution in [1.29, 1.82) is 0 Å². The highest BCUT2D eigenvalue weighted by atomic mass is 16.1. The number of benzene rings is 1. The van der Waals surface area contributed by atoms with Gasteiger partial charge < -0.3 is 21.4 Å². The third kappa shape index (κ3) is 4.47. The molecule has 0 spiro atoms. The molecule has 5 rings (SSSR count). The van der Waals surface area contributed by atoms with Crippen LogP contribution >= 0.6 is 0 Å². The van der Waals surface area contributed by atoms with E-state index in [4.69, 9.17) is 15.7 Å². The fourth-order valence-electron chi connectivity index (χ4n) is 4.03. The minimum absolute atomic E-state index is 0.0547. The largest absolute Gasteiger partial charge is 0.378 e. The number of allylic oxidation sites excluding steroid dienone is 2. The van der Waals surface area contributed by atoms with Crippen LogP contribution in [0, 0.1) is 6.92 Å². The molecule has 0 radical (unpaired) electrons. The van der Waals surface area contributed by atoms with E-state index in [2.05, 4.69) is 38.8 Å². The number of aliphatic imine (C=N–C) groups is 1. The van der Waals surface area contributed by atoms with Gasteiger partial charge in [0.25, 0.3) is 0 Å². The fraction of sp³-hybridized carbons (Fsp3) is 0.200. The van der Waals surface area contributed by atoms with Crippen LogP contribution in [0.25, 0.3) is 17.0 Å². The van der Waals surface area contributed by atoms with Gasteiger partial charge in [0.15, 0.2) is 0 Å². The summed E-state index contributed by atoms with van der Waals surface area (Å²) in [5.41, 5.74) is 11.2. The van der Waals surface area contributed by atoms with Crippen molar-refractivity contribution >= 4 is 23.4 Å². The molecule has 3 heterocycles. The van der Waals surface area contributed by atoms with Crippen molar-refractivity contribution in [2.45, 2.75) is 25.6 Å². The molecule has 2 unspecified atom stereocenters. The number of fused-ring (bicyclic) bond motifs is 1. The van der Waals surface area contributed by atoms with E-state index in [0.717, 1.165) is 46.4 Å². The first-order valence-electron chi connectivity index (χ1n) is 10.9. The number of aromatic amines is 1.